The van der Waals surface area contributed by atoms with Crippen molar-refractivity contribution in [3.63, 3.8) is 0 Å². The number of hydrogen-bond acceptors (Lipinski definition) is 3. The third-order valence-corrected chi connectivity index (χ3v) is 4.39. The molecule has 1 heterocycles. The highest BCUT2D eigenvalue weighted by molar-refractivity contribution is 7.99. The molecule has 1 aliphatic heterocycles. The van der Waals surface area contributed by atoms with Crippen molar-refractivity contribution in [2.45, 2.75) is 24.2 Å². The van der Waals surface area contributed by atoms with Crippen LogP contribution < -0.4 is 5.32 Å². The van der Waals surface area contributed by atoms with Gasteiger partial charge in [0, 0.05) is 30.6 Å². The van der Waals surface area contributed by atoms with Crippen molar-refractivity contribution < 1.29 is 13.9 Å². The van der Waals surface area contributed by atoms with Crippen LogP contribution in [0.25, 0.3) is 0 Å². The molecule has 3 nitrogen and oxygen atoms in total. The zero-order chi connectivity index (χ0) is 14.2. The number of carbonyl (C=O) groups excluding carboxylic acids is 1. The van der Waals surface area contributed by atoms with E-state index in [1.165, 1.54) is 12.1 Å². The van der Waals surface area contributed by atoms with Crippen LogP contribution >= 0.6 is 11.8 Å². The summed E-state index contributed by atoms with van der Waals surface area (Å²) in [7, 11) is 0. The zero-order valence-electron chi connectivity index (χ0n) is 11.4. The highest BCUT2D eigenvalue weighted by Crippen LogP contribution is 2.18. The fourth-order valence-electron chi connectivity index (χ4n) is 2.11. The summed E-state index contributed by atoms with van der Waals surface area (Å²) in [6, 6.07) is 6.49. The van der Waals surface area contributed by atoms with Crippen molar-refractivity contribution >= 4 is 17.7 Å². The summed E-state index contributed by atoms with van der Waals surface area (Å²) in [6.45, 7) is 2.08. The lowest BCUT2D eigenvalue weighted by atomic mass is 9.99. The van der Waals surface area contributed by atoms with Crippen LogP contribution in [0.1, 0.15) is 19.3 Å². The Hall–Kier alpha value is -1.07. The highest BCUT2D eigenvalue weighted by Gasteiger charge is 2.20. The third-order valence-electron chi connectivity index (χ3n) is 3.29. The van der Waals surface area contributed by atoms with Gasteiger partial charge in [-0.1, -0.05) is 0 Å². The second-order valence-corrected chi connectivity index (χ2v) is 6.00. The van der Waals surface area contributed by atoms with E-state index in [0.717, 1.165) is 29.9 Å². The number of benzene rings is 1. The predicted molar refractivity (Wildman–Crippen MR) is 78.3 cm³/mol. The number of amides is 1. The zero-order valence-corrected chi connectivity index (χ0v) is 12.3. The quantitative estimate of drug-likeness (QED) is 0.648. The Morgan fingerprint density at radius 3 is 2.70 bits per heavy atom. The van der Waals surface area contributed by atoms with Gasteiger partial charge in [0.25, 0.3) is 0 Å². The molecule has 5 heteroatoms. The minimum atomic E-state index is -0.210. The molecule has 0 bridgehead atoms. The molecule has 1 aromatic carbocycles. The largest absolute Gasteiger partial charge is 0.381 e. The van der Waals surface area contributed by atoms with Crippen LogP contribution in [0.2, 0.25) is 0 Å². The first kappa shape index (κ1) is 15.3. The smallest absolute Gasteiger partial charge is 0.223 e. The van der Waals surface area contributed by atoms with Crippen molar-refractivity contribution in [2.75, 3.05) is 25.5 Å². The molecule has 0 radical (unpaired) electrons. The molecule has 0 aromatic heterocycles. The number of carbonyl (C=O) groups is 1. The molecule has 1 aromatic rings. The molecule has 2 rings (SSSR count). The summed E-state index contributed by atoms with van der Waals surface area (Å²) in [5, 5.41) is 2.98. The van der Waals surface area contributed by atoms with Gasteiger partial charge in [-0.25, -0.2) is 4.39 Å². The van der Waals surface area contributed by atoms with Crippen molar-refractivity contribution in [3.05, 3.63) is 30.1 Å². The van der Waals surface area contributed by atoms with Gasteiger partial charge in [-0.15, -0.1) is 11.8 Å². The van der Waals surface area contributed by atoms with Gasteiger partial charge in [0.2, 0.25) is 5.91 Å². The number of nitrogens with one attached hydrogen (secondary N) is 1. The first-order valence-corrected chi connectivity index (χ1v) is 7.98. The Kier molecular flexibility index (Phi) is 6.33. The lowest BCUT2D eigenvalue weighted by Crippen LogP contribution is -2.34. The topological polar surface area (TPSA) is 38.3 Å². The average Bonchev–Trinajstić information content (AvgIpc) is 2.49. The number of hydrogen-bond donors (Lipinski definition) is 1. The van der Waals surface area contributed by atoms with E-state index in [2.05, 4.69) is 5.32 Å². The summed E-state index contributed by atoms with van der Waals surface area (Å²) in [4.78, 5) is 12.9. The highest BCUT2D eigenvalue weighted by atomic mass is 32.2. The van der Waals surface area contributed by atoms with Crippen LogP contribution in [0.4, 0.5) is 4.39 Å². The van der Waals surface area contributed by atoms with Crippen LogP contribution in [0, 0.1) is 11.7 Å². The molecular weight excluding hydrogens is 277 g/mol. The van der Waals surface area contributed by atoms with Crippen LogP contribution in [0.15, 0.2) is 29.2 Å². The molecule has 0 unspecified atom stereocenters. The Morgan fingerprint density at radius 1 is 1.30 bits per heavy atom. The molecule has 1 saturated heterocycles. The molecule has 20 heavy (non-hydrogen) atoms. The van der Waals surface area contributed by atoms with Crippen molar-refractivity contribution in [3.8, 4) is 0 Å². The maximum absolute atomic E-state index is 12.7. The minimum Gasteiger partial charge on any atom is -0.381 e. The fraction of sp³-hybridized carbons (Fsp3) is 0.533. The Balaban J connectivity index is 1.57. The van der Waals surface area contributed by atoms with Gasteiger partial charge < -0.3 is 10.1 Å². The van der Waals surface area contributed by atoms with Crippen LogP contribution in [-0.4, -0.2) is 31.4 Å². The monoisotopic (exact) mass is 297 g/mol. The summed E-state index contributed by atoms with van der Waals surface area (Å²) in [5.41, 5.74) is 0. The average molecular weight is 297 g/mol. The molecular formula is C15H20FNO2S. The second-order valence-electron chi connectivity index (χ2n) is 4.83. The number of ether oxygens (including phenoxy) is 1. The van der Waals surface area contributed by atoms with Gasteiger partial charge in [-0.3, -0.25) is 4.79 Å². The van der Waals surface area contributed by atoms with E-state index in [4.69, 9.17) is 4.74 Å². The van der Waals surface area contributed by atoms with Gasteiger partial charge in [0.05, 0.1) is 0 Å². The molecule has 110 valence electrons. The Labute approximate surface area is 123 Å². The maximum atomic E-state index is 12.7. The molecule has 1 aliphatic rings. The lowest BCUT2D eigenvalue weighted by Gasteiger charge is -2.21. The first-order chi connectivity index (χ1) is 9.75. The van der Waals surface area contributed by atoms with E-state index in [0.29, 0.717) is 19.8 Å². The molecule has 0 atom stereocenters. The van der Waals surface area contributed by atoms with Crippen molar-refractivity contribution in [2.24, 2.45) is 5.92 Å². The van der Waals surface area contributed by atoms with E-state index < -0.39 is 0 Å². The van der Waals surface area contributed by atoms with Crippen molar-refractivity contribution in [1.82, 2.24) is 5.32 Å². The number of rotatable bonds is 6. The third kappa shape index (κ3) is 5.13. The lowest BCUT2D eigenvalue weighted by molar-refractivity contribution is -0.127. The Bertz CT molecular complexity index is 418. The van der Waals surface area contributed by atoms with Gasteiger partial charge in [-0.2, -0.15) is 0 Å². The first-order valence-electron chi connectivity index (χ1n) is 6.99. The van der Waals surface area contributed by atoms with E-state index in [1.54, 1.807) is 23.9 Å². The van der Waals surface area contributed by atoms with E-state index in [-0.39, 0.29) is 17.6 Å². The molecule has 0 aliphatic carbocycles. The van der Waals surface area contributed by atoms with Gasteiger partial charge >= 0.3 is 0 Å². The van der Waals surface area contributed by atoms with Gasteiger partial charge in [0.15, 0.2) is 0 Å². The number of thioether (sulfide) groups is 1. The van der Waals surface area contributed by atoms with Crippen LogP contribution in [0.3, 0.4) is 0 Å². The maximum Gasteiger partial charge on any atom is 0.223 e. The molecule has 0 spiro atoms. The molecule has 0 saturated carbocycles. The molecule has 1 fully saturated rings. The van der Waals surface area contributed by atoms with Crippen LogP contribution in [0.5, 0.6) is 0 Å². The van der Waals surface area contributed by atoms with E-state index >= 15 is 0 Å². The standard InChI is InChI=1S/C15H20FNO2S/c16-13-2-4-14(5-3-13)20-11-1-8-17-15(18)12-6-9-19-10-7-12/h2-5,12H,1,6-11H2,(H,17,18). The van der Waals surface area contributed by atoms with Crippen LogP contribution in [-0.2, 0) is 9.53 Å². The summed E-state index contributed by atoms with van der Waals surface area (Å²) < 4.78 is 18.0. The van der Waals surface area contributed by atoms with Gasteiger partial charge in [0.1, 0.15) is 5.82 Å². The predicted octanol–water partition coefficient (Wildman–Crippen LogP) is 2.85. The SMILES string of the molecule is O=C(NCCCSc1ccc(F)cc1)C1CCOCC1. The minimum absolute atomic E-state index is 0.119. The molecule has 1 amide bonds. The molecule has 1 N–H and O–H groups in total. The fourth-order valence-corrected chi connectivity index (χ4v) is 2.96. The Morgan fingerprint density at radius 2 is 2.00 bits per heavy atom. The summed E-state index contributed by atoms with van der Waals surface area (Å²) in [6.07, 6.45) is 2.57. The van der Waals surface area contributed by atoms with Gasteiger partial charge in [-0.05, 0) is 49.3 Å². The summed E-state index contributed by atoms with van der Waals surface area (Å²) >= 11 is 1.68. The van der Waals surface area contributed by atoms with Crippen molar-refractivity contribution in [1.29, 1.82) is 0 Å². The number of halogens is 1. The summed E-state index contributed by atoms with van der Waals surface area (Å²) in [5.74, 6) is 0.978. The van der Waals surface area contributed by atoms with E-state index in [9.17, 15) is 9.18 Å². The normalized spacial score (nSPS) is 16.1. The van der Waals surface area contributed by atoms with E-state index in [1.807, 2.05) is 0 Å². The second kappa shape index (κ2) is 8.27.